The predicted octanol–water partition coefficient (Wildman–Crippen LogP) is 3.98. The van der Waals surface area contributed by atoms with Gasteiger partial charge in [-0.3, -0.25) is 0 Å². The molecule has 0 bridgehead atoms. The van der Waals surface area contributed by atoms with E-state index in [0.29, 0.717) is 16.7 Å². The van der Waals surface area contributed by atoms with Gasteiger partial charge in [0, 0.05) is 10.0 Å². The summed E-state index contributed by atoms with van der Waals surface area (Å²) in [4.78, 5) is 0. The lowest BCUT2D eigenvalue weighted by atomic mass is 9.99. The predicted molar refractivity (Wildman–Crippen MR) is 69.3 cm³/mol. The molecule has 2 aromatic carbocycles. The van der Waals surface area contributed by atoms with E-state index in [1.165, 1.54) is 0 Å². The lowest BCUT2D eigenvalue weighted by Crippen LogP contribution is -2.04. The average molecular weight is 295 g/mol. The van der Waals surface area contributed by atoms with E-state index in [9.17, 15) is 9.50 Å². The molecule has 1 unspecified atom stereocenters. The van der Waals surface area contributed by atoms with Crippen LogP contribution in [0.4, 0.5) is 4.39 Å². The number of rotatable bonds is 2. The molecule has 0 radical (unpaired) electrons. The maximum Gasteiger partial charge on any atom is 0.132 e. The summed E-state index contributed by atoms with van der Waals surface area (Å²) in [5, 5.41) is 10.2. The molecule has 0 heterocycles. The van der Waals surface area contributed by atoms with Crippen LogP contribution < -0.4 is 0 Å². The first-order valence-corrected chi connectivity index (χ1v) is 6.07. The number of hydrogen-bond donors (Lipinski definition) is 1. The zero-order valence-corrected chi connectivity index (χ0v) is 10.9. The van der Waals surface area contributed by atoms with Gasteiger partial charge >= 0.3 is 0 Å². The molecule has 2 rings (SSSR count). The van der Waals surface area contributed by atoms with Crippen molar-refractivity contribution in [2.75, 3.05) is 0 Å². The minimum absolute atomic E-state index is 0.295. The molecular formula is C14H12BrFO. The summed E-state index contributed by atoms with van der Waals surface area (Å²) < 4.78 is 14.7. The van der Waals surface area contributed by atoms with Crippen molar-refractivity contribution in [3.05, 3.63) is 69.4 Å². The van der Waals surface area contributed by atoms with Crippen LogP contribution in [0.15, 0.2) is 46.9 Å². The summed E-state index contributed by atoms with van der Waals surface area (Å²) in [6.07, 6.45) is -0.938. The third kappa shape index (κ3) is 2.56. The molecule has 88 valence electrons. The SMILES string of the molecule is Cc1cc(Br)cc(C(O)c2ccccc2)c1F. The zero-order chi connectivity index (χ0) is 12.4. The van der Waals surface area contributed by atoms with Crippen LogP contribution in [0.5, 0.6) is 0 Å². The molecule has 0 amide bonds. The van der Waals surface area contributed by atoms with Gasteiger partial charge in [-0.2, -0.15) is 0 Å². The van der Waals surface area contributed by atoms with Crippen LogP contribution in [0, 0.1) is 12.7 Å². The van der Waals surface area contributed by atoms with Crippen LogP contribution in [-0.2, 0) is 0 Å². The van der Waals surface area contributed by atoms with E-state index >= 15 is 0 Å². The fraction of sp³-hybridized carbons (Fsp3) is 0.143. The van der Waals surface area contributed by atoms with Crippen molar-refractivity contribution in [3.8, 4) is 0 Å². The highest BCUT2D eigenvalue weighted by molar-refractivity contribution is 9.10. The molecule has 17 heavy (non-hydrogen) atoms. The van der Waals surface area contributed by atoms with Gasteiger partial charge in [-0.15, -0.1) is 0 Å². The molecule has 0 aromatic heterocycles. The Labute approximate surface area is 108 Å². The first kappa shape index (κ1) is 12.3. The van der Waals surface area contributed by atoms with Crippen LogP contribution in [-0.4, -0.2) is 5.11 Å². The fourth-order valence-electron chi connectivity index (χ4n) is 1.77. The second-order valence-electron chi connectivity index (χ2n) is 3.94. The van der Waals surface area contributed by atoms with Crippen molar-refractivity contribution in [3.63, 3.8) is 0 Å². The van der Waals surface area contributed by atoms with Gasteiger partial charge in [0.25, 0.3) is 0 Å². The highest BCUT2D eigenvalue weighted by atomic mass is 79.9. The van der Waals surface area contributed by atoms with Crippen molar-refractivity contribution >= 4 is 15.9 Å². The van der Waals surface area contributed by atoms with Gasteiger partial charge in [-0.25, -0.2) is 4.39 Å². The van der Waals surface area contributed by atoms with E-state index in [-0.39, 0.29) is 5.82 Å². The summed E-state index contributed by atoms with van der Waals surface area (Å²) in [7, 11) is 0. The van der Waals surface area contributed by atoms with Crippen LogP contribution in [0.1, 0.15) is 22.8 Å². The van der Waals surface area contributed by atoms with Crippen molar-refractivity contribution in [1.82, 2.24) is 0 Å². The molecule has 3 heteroatoms. The minimum Gasteiger partial charge on any atom is -0.384 e. The largest absolute Gasteiger partial charge is 0.384 e. The quantitative estimate of drug-likeness (QED) is 0.888. The van der Waals surface area contributed by atoms with Crippen LogP contribution in [0.2, 0.25) is 0 Å². The highest BCUT2D eigenvalue weighted by Gasteiger charge is 2.16. The molecule has 0 spiro atoms. The third-order valence-electron chi connectivity index (χ3n) is 2.66. The summed E-state index contributed by atoms with van der Waals surface area (Å²) in [6.45, 7) is 1.68. The molecule has 0 aliphatic carbocycles. The summed E-state index contributed by atoms with van der Waals surface area (Å²) in [5.41, 5.74) is 1.50. The standard InChI is InChI=1S/C14H12BrFO/c1-9-7-11(15)8-12(13(9)16)14(17)10-5-3-2-4-6-10/h2-8,14,17H,1H3. The first-order valence-electron chi connectivity index (χ1n) is 5.28. The Morgan fingerprint density at radius 2 is 1.82 bits per heavy atom. The average Bonchev–Trinajstić information content (AvgIpc) is 2.34. The van der Waals surface area contributed by atoms with Crippen molar-refractivity contribution < 1.29 is 9.50 Å². The van der Waals surface area contributed by atoms with Crippen molar-refractivity contribution in [2.24, 2.45) is 0 Å². The van der Waals surface area contributed by atoms with E-state index in [0.717, 1.165) is 4.47 Å². The van der Waals surface area contributed by atoms with E-state index in [1.807, 2.05) is 18.2 Å². The summed E-state index contributed by atoms with van der Waals surface area (Å²) >= 11 is 3.31. The van der Waals surface area contributed by atoms with Crippen molar-refractivity contribution in [1.29, 1.82) is 0 Å². The molecule has 1 N–H and O–H groups in total. The molecule has 0 aliphatic heterocycles. The topological polar surface area (TPSA) is 20.2 Å². The Morgan fingerprint density at radius 3 is 2.47 bits per heavy atom. The van der Waals surface area contributed by atoms with Gasteiger partial charge in [0.1, 0.15) is 11.9 Å². The lowest BCUT2D eigenvalue weighted by molar-refractivity contribution is 0.214. The number of aryl methyl sites for hydroxylation is 1. The van der Waals surface area contributed by atoms with E-state index < -0.39 is 6.10 Å². The van der Waals surface area contributed by atoms with E-state index in [2.05, 4.69) is 15.9 Å². The highest BCUT2D eigenvalue weighted by Crippen LogP contribution is 2.28. The Hall–Kier alpha value is -1.19. The van der Waals surface area contributed by atoms with E-state index in [4.69, 9.17) is 0 Å². The summed E-state index contributed by atoms with van der Waals surface area (Å²) in [5.74, 6) is -0.357. The Bertz CT molecular complexity index is 525. The van der Waals surface area contributed by atoms with Gasteiger partial charge < -0.3 is 5.11 Å². The normalized spacial score (nSPS) is 12.5. The minimum atomic E-state index is -0.938. The molecule has 2 aromatic rings. The number of aliphatic hydroxyl groups excluding tert-OH is 1. The Morgan fingerprint density at radius 1 is 1.18 bits per heavy atom. The number of benzene rings is 2. The number of halogens is 2. The second kappa shape index (κ2) is 4.98. The number of aliphatic hydroxyl groups is 1. The van der Waals surface area contributed by atoms with Gasteiger partial charge in [0.15, 0.2) is 0 Å². The third-order valence-corrected chi connectivity index (χ3v) is 3.12. The van der Waals surface area contributed by atoms with Gasteiger partial charge in [0.05, 0.1) is 0 Å². The smallest absolute Gasteiger partial charge is 0.132 e. The Kier molecular flexibility index (Phi) is 3.60. The maximum absolute atomic E-state index is 13.9. The van der Waals surface area contributed by atoms with E-state index in [1.54, 1.807) is 31.2 Å². The molecule has 1 nitrogen and oxygen atoms in total. The molecule has 0 aliphatic rings. The molecule has 0 fully saturated rings. The number of hydrogen-bond acceptors (Lipinski definition) is 1. The van der Waals surface area contributed by atoms with Crippen LogP contribution in [0.25, 0.3) is 0 Å². The van der Waals surface area contributed by atoms with Crippen LogP contribution in [0.3, 0.4) is 0 Å². The lowest BCUT2D eigenvalue weighted by Gasteiger charge is -2.14. The second-order valence-corrected chi connectivity index (χ2v) is 4.85. The van der Waals surface area contributed by atoms with Gasteiger partial charge in [0.2, 0.25) is 0 Å². The van der Waals surface area contributed by atoms with Crippen molar-refractivity contribution in [2.45, 2.75) is 13.0 Å². The fourth-order valence-corrected chi connectivity index (χ4v) is 2.36. The summed E-state index contributed by atoms with van der Waals surface area (Å²) in [6, 6.07) is 12.4. The Balaban J connectivity index is 2.48. The van der Waals surface area contributed by atoms with Gasteiger partial charge in [-0.05, 0) is 30.2 Å². The maximum atomic E-state index is 13.9. The molecule has 0 saturated heterocycles. The monoisotopic (exact) mass is 294 g/mol. The zero-order valence-electron chi connectivity index (χ0n) is 9.32. The molecule has 0 saturated carbocycles. The van der Waals surface area contributed by atoms with Gasteiger partial charge in [-0.1, -0.05) is 46.3 Å². The van der Waals surface area contributed by atoms with Crippen LogP contribution >= 0.6 is 15.9 Å². The molecular weight excluding hydrogens is 283 g/mol. The molecule has 1 atom stereocenters. The first-order chi connectivity index (χ1) is 8.09.